The van der Waals surface area contributed by atoms with Gasteiger partial charge in [0.05, 0.1) is 5.69 Å². The van der Waals surface area contributed by atoms with E-state index in [4.69, 9.17) is 10.5 Å². The number of likely N-dealkylation sites (N-methyl/N-ethyl adjacent to an activating group) is 1. The third-order valence-electron chi connectivity index (χ3n) is 1.85. The van der Waals surface area contributed by atoms with Crippen molar-refractivity contribution in [3.63, 3.8) is 0 Å². The molecule has 0 atom stereocenters. The molecule has 0 saturated heterocycles. The molecule has 5 heteroatoms. The molecule has 0 heterocycles. The number of rotatable bonds is 4. The molecule has 0 spiro atoms. The maximum atomic E-state index is 13.2. The second kappa shape index (κ2) is 4.93. The Labute approximate surface area is 87.4 Å². The third-order valence-corrected chi connectivity index (χ3v) is 1.85. The summed E-state index contributed by atoms with van der Waals surface area (Å²) < 4.78 is 31.2. The number of nitrogen functional groups attached to an aromatic ring is 1. The molecule has 2 N–H and O–H groups in total. The fourth-order valence-electron chi connectivity index (χ4n) is 0.993. The van der Waals surface area contributed by atoms with E-state index >= 15 is 0 Å². The first-order chi connectivity index (χ1) is 7.00. The zero-order valence-corrected chi connectivity index (χ0v) is 8.76. The summed E-state index contributed by atoms with van der Waals surface area (Å²) >= 11 is 0. The van der Waals surface area contributed by atoms with Crippen LogP contribution in [0.4, 0.5) is 14.5 Å². The maximum Gasteiger partial charge on any atom is 0.167 e. The minimum Gasteiger partial charge on any atom is -0.489 e. The van der Waals surface area contributed by atoms with Crippen molar-refractivity contribution in [2.24, 2.45) is 0 Å². The minimum atomic E-state index is -0.670. The molecule has 0 amide bonds. The van der Waals surface area contributed by atoms with Crippen molar-refractivity contribution < 1.29 is 13.5 Å². The number of nitrogens with two attached hydrogens (primary N) is 1. The number of nitrogens with zero attached hydrogens (tertiary/aromatic N) is 1. The molecule has 15 heavy (non-hydrogen) atoms. The fourth-order valence-corrected chi connectivity index (χ4v) is 0.993. The second-order valence-corrected chi connectivity index (χ2v) is 3.46. The van der Waals surface area contributed by atoms with Gasteiger partial charge in [0, 0.05) is 18.7 Å². The Kier molecular flexibility index (Phi) is 3.85. The zero-order chi connectivity index (χ0) is 11.4. The molecule has 1 rings (SSSR count). The van der Waals surface area contributed by atoms with Crippen molar-refractivity contribution in [2.45, 2.75) is 0 Å². The normalized spacial score (nSPS) is 10.7. The number of ether oxygens (including phenoxy) is 1. The fraction of sp³-hybridized carbons (Fsp3) is 0.400. The highest BCUT2D eigenvalue weighted by molar-refractivity contribution is 5.44. The van der Waals surface area contributed by atoms with Gasteiger partial charge >= 0.3 is 0 Å². The van der Waals surface area contributed by atoms with Crippen molar-refractivity contribution in [1.29, 1.82) is 0 Å². The van der Waals surface area contributed by atoms with E-state index in [9.17, 15) is 8.78 Å². The Morgan fingerprint density at radius 3 is 2.53 bits per heavy atom. The van der Waals surface area contributed by atoms with Crippen LogP contribution in [-0.2, 0) is 0 Å². The van der Waals surface area contributed by atoms with Gasteiger partial charge in [-0.15, -0.1) is 0 Å². The lowest BCUT2D eigenvalue weighted by atomic mass is 10.3. The molecule has 0 aliphatic heterocycles. The summed E-state index contributed by atoms with van der Waals surface area (Å²) in [6.45, 7) is 0.929. The summed E-state index contributed by atoms with van der Waals surface area (Å²) in [6, 6.07) is 1.88. The van der Waals surface area contributed by atoms with E-state index in [-0.39, 0.29) is 11.4 Å². The van der Waals surface area contributed by atoms with Gasteiger partial charge in [0.25, 0.3) is 0 Å². The van der Waals surface area contributed by atoms with Crippen molar-refractivity contribution in [3.05, 3.63) is 23.8 Å². The van der Waals surface area contributed by atoms with Crippen LogP contribution in [0.3, 0.4) is 0 Å². The molecule has 84 valence electrons. The number of hydrogen-bond acceptors (Lipinski definition) is 3. The summed E-state index contributed by atoms with van der Waals surface area (Å²) in [6.07, 6.45) is 0. The van der Waals surface area contributed by atoms with Crippen LogP contribution in [0, 0.1) is 11.6 Å². The Hall–Kier alpha value is -1.36. The molecule has 0 aromatic heterocycles. The van der Waals surface area contributed by atoms with Crippen molar-refractivity contribution in [2.75, 3.05) is 33.0 Å². The first-order valence-electron chi connectivity index (χ1n) is 4.52. The highest BCUT2D eigenvalue weighted by Crippen LogP contribution is 2.22. The molecule has 0 fully saturated rings. The van der Waals surface area contributed by atoms with Crippen LogP contribution in [-0.4, -0.2) is 32.1 Å². The quantitative estimate of drug-likeness (QED) is 0.775. The van der Waals surface area contributed by atoms with Gasteiger partial charge in [0.1, 0.15) is 12.4 Å². The van der Waals surface area contributed by atoms with E-state index in [1.54, 1.807) is 0 Å². The van der Waals surface area contributed by atoms with Crippen molar-refractivity contribution in [3.8, 4) is 5.75 Å². The van der Waals surface area contributed by atoms with Gasteiger partial charge in [0.15, 0.2) is 11.6 Å². The first kappa shape index (κ1) is 11.7. The van der Waals surface area contributed by atoms with Crippen LogP contribution >= 0.6 is 0 Å². The molecular formula is C10H14F2N2O. The van der Waals surface area contributed by atoms with E-state index in [0.717, 1.165) is 12.1 Å². The highest BCUT2D eigenvalue weighted by Gasteiger charge is 2.08. The van der Waals surface area contributed by atoms with Gasteiger partial charge in [-0.05, 0) is 14.1 Å². The van der Waals surface area contributed by atoms with Crippen LogP contribution in [0.1, 0.15) is 0 Å². The molecule has 0 radical (unpaired) electrons. The van der Waals surface area contributed by atoms with E-state index < -0.39 is 11.6 Å². The zero-order valence-electron chi connectivity index (χ0n) is 8.76. The molecule has 0 unspecified atom stereocenters. The molecule has 0 bridgehead atoms. The lowest BCUT2D eigenvalue weighted by Crippen LogP contribution is -2.19. The SMILES string of the molecule is CN(C)CCOc1cc(F)c(N)cc1F. The van der Waals surface area contributed by atoms with E-state index in [1.807, 2.05) is 19.0 Å². The largest absolute Gasteiger partial charge is 0.489 e. The minimum absolute atomic E-state index is 0.108. The summed E-state index contributed by atoms with van der Waals surface area (Å²) in [5.41, 5.74) is 4.97. The molecular weight excluding hydrogens is 202 g/mol. The second-order valence-electron chi connectivity index (χ2n) is 3.46. The van der Waals surface area contributed by atoms with Crippen LogP contribution in [0.15, 0.2) is 12.1 Å². The summed E-state index contributed by atoms with van der Waals surface area (Å²) in [5, 5.41) is 0. The smallest absolute Gasteiger partial charge is 0.167 e. The van der Waals surface area contributed by atoms with E-state index in [0.29, 0.717) is 13.2 Å². The molecule has 0 saturated carbocycles. The summed E-state index contributed by atoms with van der Waals surface area (Å²) in [7, 11) is 3.73. The number of benzene rings is 1. The molecule has 3 nitrogen and oxygen atoms in total. The lowest BCUT2D eigenvalue weighted by Gasteiger charge is -2.11. The standard InChI is InChI=1S/C10H14F2N2O/c1-14(2)3-4-15-10-6-7(11)9(13)5-8(10)12/h5-6H,3-4,13H2,1-2H3. The van der Waals surface area contributed by atoms with Gasteiger partial charge in [-0.25, -0.2) is 8.78 Å². The average Bonchev–Trinajstić information content (AvgIpc) is 2.13. The number of halogens is 2. The monoisotopic (exact) mass is 216 g/mol. The number of anilines is 1. The molecule has 0 aliphatic rings. The lowest BCUT2D eigenvalue weighted by molar-refractivity contribution is 0.251. The third kappa shape index (κ3) is 3.36. The molecule has 1 aromatic carbocycles. The predicted octanol–water partition coefficient (Wildman–Crippen LogP) is 1.49. The van der Waals surface area contributed by atoms with Crippen LogP contribution in [0.25, 0.3) is 0 Å². The average molecular weight is 216 g/mol. The maximum absolute atomic E-state index is 13.2. The Morgan fingerprint density at radius 1 is 1.27 bits per heavy atom. The molecule has 1 aromatic rings. The van der Waals surface area contributed by atoms with Crippen molar-refractivity contribution >= 4 is 5.69 Å². The van der Waals surface area contributed by atoms with Crippen LogP contribution in [0.2, 0.25) is 0 Å². The Bertz CT molecular complexity index is 342. The Morgan fingerprint density at radius 2 is 1.93 bits per heavy atom. The summed E-state index contributed by atoms with van der Waals surface area (Å²) in [4.78, 5) is 1.88. The first-order valence-corrected chi connectivity index (χ1v) is 4.52. The highest BCUT2D eigenvalue weighted by atomic mass is 19.1. The topological polar surface area (TPSA) is 38.5 Å². The number of hydrogen-bond donors (Lipinski definition) is 1. The van der Waals surface area contributed by atoms with Gasteiger partial charge in [-0.2, -0.15) is 0 Å². The van der Waals surface area contributed by atoms with Crippen LogP contribution < -0.4 is 10.5 Å². The van der Waals surface area contributed by atoms with E-state index in [2.05, 4.69) is 0 Å². The van der Waals surface area contributed by atoms with Crippen molar-refractivity contribution in [1.82, 2.24) is 4.90 Å². The van der Waals surface area contributed by atoms with Gasteiger partial charge in [-0.3, -0.25) is 0 Å². The van der Waals surface area contributed by atoms with E-state index in [1.165, 1.54) is 0 Å². The molecule has 0 aliphatic carbocycles. The van der Waals surface area contributed by atoms with Crippen LogP contribution in [0.5, 0.6) is 5.75 Å². The predicted molar refractivity (Wildman–Crippen MR) is 54.8 cm³/mol. The Balaban J connectivity index is 2.65. The van der Waals surface area contributed by atoms with Gasteiger partial charge < -0.3 is 15.4 Å². The van der Waals surface area contributed by atoms with Gasteiger partial charge in [0.2, 0.25) is 0 Å². The summed E-state index contributed by atoms with van der Waals surface area (Å²) in [5.74, 6) is -1.42. The van der Waals surface area contributed by atoms with Gasteiger partial charge in [-0.1, -0.05) is 0 Å².